The van der Waals surface area contributed by atoms with E-state index in [4.69, 9.17) is 16.3 Å². The van der Waals surface area contributed by atoms with Crippen molar-refractivity contribution >= 4 is 17.5 Å². The maximum atomic E-state index is 13.8. The van der Waals surface area contributed by atoms with Crippen LogP contribution in [0.25, 0.3) is 0 Å². The number of rotatable bonds is 4. The van der Waals surface area contributed by atoms with Gasteiger partial charge in [-0.05, 0) is 37.1 Å². The van der Waals surface area contributed by atoms with Gasteiger partial charge in [-0.2, -0.15) is 0 Å². The lowest BCUT2D eigenvalue weighted by atomic mass is 9.98. The van der Waals surface area contributed by atoms with Crippen LogP contribution < -0.4 is 5.32 Å². The summed E-state index contributed by atoms with van der Waals surface area (Å²) in [5.74, 6) is -0.431. The van der Waals surface area contributed by atoms with Crippen molar-refractivity contribution in [3.05, 3.63) is 34.6 Å². The van der Waals surface area contributed by atoms with Crippen LogP contribution in [-0.2, 0) is 9.53 Å². The van der Waals surface area contributed by atoms with Gasteiger partial charge in [-0.3, -0.25) is 9.69 Å². The number of carbonyl (C=O) groups excluding carboxylic acids is 1. The van der Waals surface area contributed by atoms with Gasteiger partial charge in [0.15, 0.2) is 0 Å². The third-order valence-corrected chi connectivity index (χ3v) is 5.13. The van der Waals surface area contributed by atoms with Crippen LogP contribution in [-0.4, -0.2) is 43.2 Å². The third kappa shape index (κ3) is 3.52. The molecule has 4 nitrogen and oxygen atoms in total. The van der Waals surface area contributed by atoms with E-state index in [2.05, 4.69) is 17.1 Å². The highest BCUT2D eigenvalue weighted by Gasteiger charge is 2.37. The maximum Gasteiger partial charge on any atom is 0.225 e. The molecule has 6 heteroatoms. The molecule has 0 unspecified atom stereocenters. The summed E-state index contributed by atoms with van der Waals surface area (Å²) in [5, 5.41) is 3.28. The number of nitrogens with one attached hydrogen (secondary N) is 1. The van der Waals surface area contributed by atoms with Gasteiger partial charge in [0.2, 0.25) is 5.91 Å². The summed E-state index contributed by atoms with van der Waals surface area (Å²) in [6.07, 6.45) is 1.64. The van der Waals surface area contributed by atoms with Crippen molar-refractivity contribution in [3.8, 4) is 0 Å². The molecule has 2 aliphatic heterocycles. The van der Waals surface area contributed by atoms with Gasteiger partial charge in [0, 0.05) is 19.2 Å². The van der Waals surface area contributed by atoms with Gasteiger partial charge in [-0.15, -0.1) is 0 Å². The average molecular weight is 341 g/mol. The minimum atomic E-state index is -0.415. The number of benzene rings is 1. The Morgan fingerprint density at radius 3 is 2.96 bits per heavy atom. The van der Waals surface area contributed by atoms with E-state index in [1.54, 1.807) is 6.07 Å². The van der Waals surface area contributed by atoms with Crippen molar-refractivity contribution < 1.29 is 13.9 Å². The Morgan fingerprint density at radius 1 is 1.48 bits per heavy atom. The standard InChI is InChI=1S/C17H22ClFN2O2/c1-2-21-7-5-15(20-17(22)12-6-8-23-10-12)16(21)11-3-4-13(18)14(19)9-11/h3-4,9,12,15-16H,2,5-8,10H2,1H3,(H,20,22)/t12-,15+,16-/m1/s1. The third-order valence-electron chi connectivity index (χ3n) is 4.82. The van der Waals surface area contributed by atoms with Crippen molar-refractivity contribution in [2.24, 2.45) is 5.92 Å². The number of hydrogen-bond donors (Lipinski definition) is 1. The van der Waals surface area contributed by atoms with E-state index in [1.165, 1.54) is 6.07 Å². The lowest BCUT2D eigenvalue weighted by molar-refractivity contribution is -0.125. The van der Waals surface area contributed by atoms with E-state index in [0.29, 0.717) is 13.2 Å². The summed E-state index contributed by atoms with van der Waals surface area (Å²) >= 11 is 5.79. The fourth-order valence-electron chi connectivity index (χ4n) is 3.54. The first kappa shape index (κ1) is 16.7. The lowest BCUT2D eigenvalue weighted by Gasteiger charge is -2.29. The SMILES string of the molecule is CCN1CC[C@H](NC(=O)[C@@H]2CCOC2)[C@H]1c1ccc(Cl)c(F)c1. The number of halogens is 2. The van der Waals surface area contributed by atoms with Gasteiger partial charge in [-0.1, -0.05) is 24.6 Å². The molecule has 2 saturated heterocycles. The predicted molar refractivity (Wildman–Crippen MR) is 86.9 cm³/mol. The normalized spacial score (nSPS) is 28.2. The Balaban J connectivity index is 1.78. The Bertz CT molecular complexity index is 578. The second-order valence-corrected chi connectivity index (χ2v) is 6.62. The molecular formula is C17H22ClFN2O2. The zero-order valence-electron chi connectivity index (χ0n) is 13.2. The zero-order valence-corrected chi connectivity index (χ0v) is 14.0. The Labute approximate surface area is 140 Å². The molecule has 0 bridgehead atoms. The molecule has 0 saturated carbocycles. The fraction of sp³-hybridized carbons (Fsp3) is 0.588. The predicted octanol–water partition coefficient (Wildman–Crippen LogP) is 2.77. The molecule has 2 heterocycles. The summed E-state index contributed by atoms with van der Waals surface area (Å²) in [6.45, 7) is 4.96. The van der Waals surface area contributed by atoms with Crippen LogP contribution in [0.5, 0.6) is 0 Å². The van der Waals surface area contributed by atoms with Gasteiger partial charge in [0.05, 0.1) is 23.6 Å². The minimum absolute atomic E-state index is 0.0105. The first-order valence-electron chi connectivity index (χ1n) is 8.17. The summed E-state index contributed by atoms with van der Waals surface area (Å²) in [5.41, 5.74) is 0.860. The van der Waals surface area contributed by atoms with E-state index in [1.807, 2.05) is 6.07 Å². The second-order valence-electron chi connectivity index (χ2n) is 6.21. The van der Waals surface area contributed by atoms with Crippen LogP contribution in [0.15, 0.2) is 18.2 Å². The Kier molecular flexibility index (Phi) is 5.19. The number of carbonyl (C=O) groups is 1. The molecular weight excluding hydrogens is 319 g/mol. The summed E-state index contributed by atoms with van der Waals surface area (Å²) in [6, 6.07) is 4.89. The van der Waals surface area contributed by atoms with E-state index < -0.39 is 5.82 Å². The summed E-state index contributed by atoms with van der Waals surface area (Å²) in [7, 11) is 0. The van der Waals surface area contributed by atoms with Crippen LogP contribution >= 0.6 is 11.6 Å². The minimum Gasteiger partial charge on any atom is -0.381 e. The zero-order chi connectivity index (χ0) is 16.4. The molecule has 3 rings (SSSR count). The van der Waals surface area contributed by atoms with Crippen molar-refractivity contribution in [1.29, 1.82) is 0 Å². The van der Waals surface area contributed by atoms with E-state index >= 15 is 0 Å². The van der Waals surface area contributed by atoms with Gasteiger partial charge in [0.1, 0.15) is 5.82 Å². The monoisotopic (exact) mass is 340 g/mol. The van der Waals surface area contributed by atoms with E-state index in [0.717, 1.165) is 31.5 Å². The summed E-state index contributed by atoms with van der Waals surface area (Å²) in [4.78, 5) is 14.7. The number of amides is 1. The van der Waals surface area contributed by atoms with Crippen molar-refractivity contribution in [2.75, 3.05) is 26.3 Å². The fourth-order valence-corrected chi connectivity index (χ4v) is 3.66. The molecule has 1 aromatic rings. The van der Waals surface area contributed by atoms with Gasteiger partial charge < -0.3 is 10.1 Å². The van der Waals surface area contributed by atoms with Crippen LogP contribution in [0, 0.1) is 11.7 Å². The molecule has 2 fully saturated rings. The molecule has 0 aliphatic carbocycles. The molecule has 1 aromatic carbocycles. The van der Waals surface area contributed by atoms with Crippen LogP contribution in [0.2, 0.25) is 5.02 Å². The number of likely N-dealkylation sites (tertiary alicyclic amines) is 1. The average Bonchev–Trinajstić information content (AvgIpc) is 3.19. The molecule has 1 amide bonds. The molecule has 0 aromatic heterocycles. The molecule has 1 N–H and O–H groups in total. The van der Waals surface area contributed by atoms with Crippen molar-refractivity contribution in [1.82, 2.24) is 10.2 Å². The highest BCUT2D eigenvalue weighted by molar-refractivity contribution is 6.30. The number of hydrogen-bond acceptors (Lipinski definition) is 3. The molecule has 23 heavy (non-hydrogen) atoms. The lowest BCUT2D eigenvalue weighted by Crippen LogP contribution is -2.42. The van der Waals surface area contributed by atoms with Crippen LogP contribution in [0.3, 0.4) is 0 Å². The number of likely N-dealkylation sites (N-methyl/N-ethyl adjacent to an activating group) is 1. The smallest absolute Gasteiger partial charge is 0.225 e. The van der Waals surface area contributed by atoms with Crippen LogP contribution in [0.4, 0.5) is 4.39 Å². The van der Waals surface area contributed by atoms with E-state index in [-0.39, 0.29) is 28.9 Å². The second kappa shape index (κ2) is 7.16. The maximum absolute atomic E-state index is 13.8. The number of ether oxygens (including phenoxy) is 1. The first-order valence-corrected chi connectivity index (χ1v) is 8.55. The van der Waals surface area contributed by atoms with E-state index in [9.17, 15) is 9.18 Å². The largest absolute Gasteiger partial charge is 0.381 e. The van der Waals surface area contributed by atoms with Crippen molar-refractivity contribution in [3.63, 3.8) is 0 Å². The van der Waals surface area contributed by atoms with Gasteiger partial charge in [0.25, 0.3) is 0 Å². The Morgan fingerprint density at radius 2 is 2.30 bits per heavy atom. The molecule has 2 aliphatic rings. The summed E-state index contributed by atoms with van der Waals surface area (Å²) < 4.78 is 19.1. The number of nitrogens with zero attached hydrogens (tertiary/aromatic N) is 1. The highest BCUT2D eigenvalue weighted by atomic mass is 35.5. The molecule has 126 valence electrons. The van der Waals surface area contributed by atoms with Crippen LogP contribution in [0.1, 0.15) is 31.4 Å². The van der Waals surface area contributed by atoms with Gasteiger partial charge >= 0.3 is 0 Å². The van der Waals surface area contributed by atoms with Gasteiger partial charge in [-0.25, -0.2) is 4.39 Å². The molecule has 0 radical (unpaired) electrons. The topological polar surface area (TPSA) is 41.6 Å². The Hall–Kier alpha value is -1.17. The highest BCUT2D eigenvalue weighted by Crippen LogP contribution is 2.34. The molecule has 3 atom stereocenters. The molecule has 0 spiro atoms. The first-order chi connectivity index (χ1) is 11.1. The quantitative estimate of drug-likeness (QED) is 0.916. The van der Waals surface area contributed by atoms with Crippen molar-refractivity contribution in [2.45, 2.75) is 31.8 Å².